The normalized spacial score (nSPS) is 20.4. The van der Waals surface area contributed by atoms with Gasteiger partial charge in [-0.2, -0.15) is 0 Å². The number of aromatic nitrogens is 1. The lowest BCUT2D eigenvalue weighted by atomic mass is 10.0. The number of aryl methyl sites for hydroxylation is 2. The number of fused-ring (bicyclic) bond motifs is 1. The zero-order valence-corrected chi connectivity index (χ0v) is 27.9. The molecule has 2 aromatic carbocycles. The Morgan fingerprint density at radius 2 is 1.89 bits per heavy atom. The first-order valence-corrected chi connectivity index (χ1v) is 16.1. The van der Waals surface area contributed by atoms with Crippen molar-refractivity contribution in [2.24, 2.45) is 5.92 Å². The Labute approximate surface area is 272 Å². The van der Waals surface area contributed by atoms with Gasteiger partial charge in [0.15, 0.2) is 5.76 Å². The zero-order valence-electron chi connectivity index (χ0n) is 27.9. The molecule has 11 nitrogen and oxygen atoms in total. The Morgan fingerprint density at radius 3 is 2.59 bits per heavy atom. The number of hydrogen-bond acceptors (Lipinski definition) is 8. The molecule has 2 heterocycles. The van der Waals surface area contributed by atoms with Crippen LogP contribution in [0, 0.1) is 19.8 Å². The van der Waals surface area contributed by atoms with Gasteiger partial charge in [-0.25, -0.2) is 4.79 Å². The van der Waals surface area contributed by atoms with Crippen LogP contribution < -0.4 is 15.4 Å². The Bertz CT molecular complexity index is 1410. The van der Waals surface area contributed by atoms with Gasteiger partial charge in [0.1, 0.15) is 17.1 Å². The van der Waals surface area contributed by atoms with Crippen molar-refractivity contribution in [3.8, 4) is 5.75 Å². The van der Waals surface area contributed by atoms with Crippen LogP contribution in [0.15, 0.2) is 53.1 Å². The summed E-state index contributed by atoms with van der Waals surface area (Å²) in [6.45, 7) is 11.6. The first-order chi connectivity index (χ1) is 22.0. The Kier molecular flexibility index (Phi) is 12.6. The van der Waals surface area contributed by atoms with Crippen LogP contribution in [0.2, 0.25) is 0 Å². The lowest BCUT2D eigenvalue weighted by Gasteiger charge is -2.36. The lowest BCUT2D eigenvalue weighted by Crippen LogP contribution is -2.47. The van der Waals surface area contributed by atoms with Gasteiger partial charge in [-0.1, -0.05) is 42.4 Å². The van der Waals surface area contributed by atoms with Crippen molar-refractivity contribution in [3.63, 3.8) is 0 Å². The third-order valence-corrected chi connectivity index (χ3v) is 8.37. The van der Waals surface area contributed by atoms with E-state index in [2.05, 4.69) is 46.8 Å². The molecule has 0 spiro atoms. The van der Waals surface area contributed by atoms with Crippen molar-refractivity contribution in [2.75, 3.05) is 44.0 Å². The van der Waals surface area contributed by atoms with Gasteiger partial charge in [-0.3, -0.25) is 9.69 Å². The summed E-state index contributed by atoms with van der Waals surface area (Å²) in [6, 6.07) is 14.4. The summed E-state index contributed by atoms with van der Waals surface area (Å²) >= 11 is 0. The minimum absolute atomic E-state index is 0.0375. The highest BCUT2D eigenvalue weighted by Crippen LogP contribution is 2.29. The molecular formula is C35H49N5O6. The molecule has 3 amide bonds. The minimum atomic E-state index is -0.495. The number of aliphatic hydroxyl groups excluding tert-OH is 1. The number of rotatable bonds is 8. The van der Waals surface area contributed by atoms with Gasteiger partial charge in [0.25, 0.3) is 5.91 Å². The predicted octanol–water partition coefficient (Wildman–Crippen LogP) is 5.86. The molecule has 0 unspecified atom stereocenters. The molecule has 4 atom stereocenters. The van der Waals surface area contributed by atoms with Crippen molar-refractivity contribution < 1.29 is 28.7 Å². The number of nitrogens with zero attached hydrogens (tertiary/aromatic N) is 3. The van der Waals surface area contributed by atoms with Gasteiger partial charge < -0.3 is 34.6 Å². The molecule has 3 N–H and O–H groups in total. The molecule has 0 radical (unpaired) electrons. The molecule has 0 bridgehead atoms. The van der Waals surface area contributed by atoms with E-state index in [1.807, 2.05) is 32.0 Å². The van der Waals surface area contributed by atoms with E-state index in [0.717, 1.165) is 25.8 Å². The highest BCUT2D eigenvalue weighted by atomic mass is 16.5. The van der Waals surface area contributed by atoms with E-state index in [1.54, 1.807) is 36.9 Å². The van der Waals surface area contributed by atoms with Crippen molar-refractivity contribution in [1.29, 1.82) is 0 Å². The van der Waals surface area contributed by atoms with Crippen LogP contribution in [0.1, 0.15) is 67.4 Å². The third kappa shape index (κ3) is 9.54. The predicted molar refractivity (Wildman–Crippen MR) is 178 cm³/mol. The number of hydrogen-bond donors (Lipinski definition) is 3. The number of carbonyl (C=O) groups excluding carboxylic acids is 2. The van der Waals surface area contributed by atoms with Crippen LogP contribution in [-0.4, -0.2) is 83.6 Å². The van der Waals surface area contributed by atoms with E-state index in [-0.39, 0.29) is 30.6 Å². The van der Waals surface area contributed by atoms with E-state index in [4.69, 9.17) is 14.0 Å². The summed E-state index contributed by atoms with van der Waals surface area (Å²) in [6.07, 6.45) is 2.33. The quantitative estimate of drug-likeness (QED) is 0.281. The molecule has 250 valence electrons. The Morgan fingerprint density at radius 1 is 1.13 bits per heavy atom. The maximum atomic E-state index is 14.3. The summed E-state index contributed by atoms with van der Waals surface area (Å²) in [7, 11) is 2.08. The molecule has 0 aliphatic carbocycles. The van der Waals surface area contributed by atoms with E-state index < -0.39 is 12.1 Å². The first kappa shape index (κ1) is 34.9. The highest BCUT2D eigenvalue weighted by molar-refractivity contribution is 6.03. The number of benzene rings is 2. The minimum Gasteiger partial charge on any atom is -0.490 e. The molecule has 0 saturated heterocycles. The van der Waals surface area contributed by atoms with E-state index >= 15 is 0 Å². The van der Waals surface area contributed by atoms with Gasteiger partial charge in [0.2, 0.25) is 0 Å². The van der Waals surface area contributed by atoms with Crippen LogP contribution in [0.5, 0.6) is 5.75 Å². The summed E-state index contributed by atoms with van der Waals surface area (Å²) in [5.74, 6) is 0.596. The second kappa shape index (κ2) is 16.6. The number of anilines is 2. The first-order valence-electron chi connectivity index (χ1n) is 16.1. The van der Waals surface area contributed by atoms with E-state index in [0.29, 0.717) is 53.8 Å². The number of aliphatic hydroxyl groups is 1. The summed E-state index contributed by atoms with van der Waals surface area (Å²) in [5.41, 5.74) is 3.00. The van der Waals surface area contributed by atoms with Gasteiger partial charge in [-0.05, 0) is 77.8 Å². The van der Waals surface area contributed by atoms with E-state index in [1.165, 1.54) is 5.56 Å². The fraction of sp³-hybridized carbons (Fsp3) is 0.514. The van der Waals surface area contributed by atoms with Gasteiger partial charge in [0, 0.05) is 37.8 Å². The van der Waals surface area contributed by atoms with Crippen molar-refractivity contribution >= 4 is 23.3 Å². The molecule has 46 heavy (non-hydrogen) atoms. The van der Waals surface area contributed by atoms with Crippen LogP contribution in [0.4, 0.5) is 16.2 Å². The lowest BCUT2D eigenvalue weighted by molar-refractivity contribution is -0.0177. The zero-order chi connectivity index (χ0) is 33.2. The molecule has 3 aromatic rings. The molecule has 1 aromatic heterocycles. The van der Waals surface area contributed by atoms with Crippen LogP contribution >= 0.6 is 0 Å². The van der Waals surface area contributed by atoms with Gasteiger partial charge in [-0.15, -0.1) is 0 Å². The maximum Gasteiger partial charge on any atom is 0.323 e. The molecule has 4 rings (SSSR count). The molecule has 1 aliphatic rings. The van der Waals surface area contributed by atoms with Crippen LogP contribution in [0.3, 0.4) is 0 Å². The average molecular weight is 636 g/mol. The number of nitrogens with one attached hydrogen (secondary N) is 2. The maximum absolute atomic E-state index is 14.3. The highest BCUT2D eigenvalue weighted by Gasteiger charge is 2.30. The molecule has 11 heteroatoms. The standard InChI is InChI=1S/C35H49N5O6/c1-23-19-40(24(2)22-41)34(42)30-18-29(36-35(43)37-33-26(4)38-46-27(33)5)15-16-31(30)45-25(3)12-10-11-17-44-32(23)21-39(6)20-28-13-8-7-9-14-28/h7-9,13-16,18,23-25,32,41H,10-12,17,19-22H2,1-6H3,(H2,36,37,43)/t23-,24+,25+,32+/m0/s1. The van der Waals surface area contributed by atoms with Crippen LogP contribution in [0.25, 0.3) is 0 Å². The number of likely N-dealkylation sites (N-methyl/N-ethyl adjacent to an activating group) is 1. The molecule has 0 fully saturated rings. The molecule has 1 aliphatic heterocycles. The van der Waals surface area contributed by atoms with Crippen molar-refractivity contribution in [1.82, 2.24) is 15.0 Å². The number of carbonyl (C=O) groups is 2. The number of ether oxygens (including phenoxy) is 2. The fourth-order valence-electron chi connectivity index (χ4n) is 5.67. The largest absolute Gasteiger partial charge is 0.490 e. The second-order valence-electron chi connectivity index (χ2n) is 12.5. The van der Waals surface area contributed by atoms with Gasteiger partial charge >= 0.3 is 6.03 Å². The SMILES string of the molecule is Cc1noc(C)c1NC(=O)Nc1ccc2c(c1)C(=O)N([C@H](C)CO)C[C@H](C)[C@@H](CN(C)Cc1ccccc1)OCCCC[C@@H](C)O2. The number of urea groups is 1. The number of amides is 3. The van der Waals surface area contributed by atoms with Crippen molar-refractivity contribution in [3.05, 3.63) is 71.1 Å². The third-order valence-electron chi connectivity index (χ3n) is 8.37. The smallest absolute Gasteiger partial charge is 0.323 e. The average Bonchev–Trinajstić information content (AvgIpc) is 3.34. The van der Waals surface area contributed by atoms with Crippen LogP contribution in [-0.2, 0) is 11.3 Å². The monoisotopic (exact) mass is 635 g/mol. The molecule has 0 saturated carbocycles. The summed E-state index contributed by atoms with van der Waals surface area (Å²) in [5, 5.41) is 19.7. The Balaban J connectivity index is 1.60. The summed E-state index contributed by atoms with van der Waals surface area (Å²) < 4.78 is 17.9. The summed E-state index contributed by atoms with van der Waals surface area (Å²) in [4.78, 5) is 31.2. The van der Waals surface area contributed by atoms with E-state index in [9.17, 15) is 14.7 Å². The fourth-order valence-corrected chi connectivity index (χ4v) is 5.67. The topological polar surface area (TPSA) is 129 Å². The van der Waals surface area contributed by atoms with Crippen molar-refractivity contribution in [2.45, 2.75) is 78.7 Å². The second-order valence-corrected chi connectivity index (χ2v) is 12.5. The Hall–Kier alpha value is -3.93. The van der Waals surface area contributed by atoms with Gasteiger partial charge in [0.05, 0.1) is 30.4 Å². The molecular weight excluding hydrogens is 586 g/mol.